The average Bonchev–Trinajstić information content (AvgIpc) is 2.30. The fourth-order valence-electron chi connectivity index (χ4n) is 2.05. The van der Waals surface area contributed by atoms with Gasteiger partial charge in [-0.2, -0.15) is 4.98 Å². The first-order chi connectivity index (χ1) is 7.79. The molecule has 1 aromatic rings. The zero-order valence-electron chi connectivity index (χ0n) is 9.59. The highest BCUT2D eigenvalue weighted by molar-refractivity contribution is 5.37. The number of piperidine rings is 1. The van der Waals surface area contributed by atoms with Crippen molar-refractivity contribution in [2.24, 2.45) is 5.92 Å². The summed E-state index contributed by atoms with van der Waals surface area (Å²) in [7, 11) is 1.76. The summed E-state index contributed by atoms with van der Waals surface area (Å²) in [4.78, 5) is 10.7. The Hall–Kier alpha value is -1.36. The molecule has 1 fully saturated rings. The largest absolute Gasteiger partial charge is 0.384 e. The number of anilines is 2. The van der Waals surface area contributed by atoms with E-state index in [9.17, 15) is 0 Å². The van der Waals surface area contributed by atoms with Gasteiger partial charge in [-0.05, 0) is 24.8 Å². The van der Waals surface area contributed by atoms with Crippen molar-refractivity contribution < 1.29 is 4.74 Å². The Bertz CT molecular complexity index is 337. The molecule has 1 saturated heterocycles. The van der Waals surface area contributed by atoms with Gasteiger partial charge in [-0.25, -0.2) is 4.98 Å². The molecule has 5 nitrogen and oxygen atoms in total. The van der Waals surface area contributed by atoms with E-state index < -0.39 is 0 Å². The third-order valence-corrected chi connectivity index (χ3v) is 2.96. The number of hydrogen-bond donors (Lipinski definition) is 1. The van der Waals surface area contributed by atoms with E-state index in [1.807, 2.05) is 0 Å². The second-order valence-electron chi connectivity index (χ2n) is 4.17. The average molecular weight is 222 g/mol. The van der Waals surface area contributed by atoms with E-state index in [-0.39, 0.29) is 0 Å². The van der Waals surface area contributed by atoms with Crippen molar-refractivity contribution in [1.82, 2.24) is 9.97 Å². The summed E-state index contributed by atoms with van der Waals surface area (Å²) in [6.45, 7) is 2.82. The van der Waals surface area contributed by atoms with Gasteiger partial charge in [0.25, 0.3) is 0 Å². The summed E-state index contributed by atoms with van der Waals surface area (Å²) >= 11 is 0. The van der Waals surface area contributed by atoms with Crippen molar-refractivity contribution in [1.29, 1.82) is 0 Å². The van der Waals surface area contributed by atoms with Gasteiger partial charge in [-0.1, -0.05) is 0 Å². The lowest BCUT2D eigenvalue weighted by molar-refractivity contribution is 0.139. The number of aromatic nitrogens is 2. The Morgan fingerprint density at radius 1 is 1.50 bits per heavy atom. The van der Waals surface area contributed by atoms with Crippen LogP contribution in [0.25, 0.3) is 0 Å². The molecule has 0 spiro atoms. The lowest BCUT2D eigenvalue weighted by Crippen LogP contribution is -2.36. The molecule has 5 heteroatoms. The third-order valence-electron chi connectivity index (χ3n) is 2.96. The first-order valence-electron chi connectivity index (χ1n) is 5.62. The van der Waals surface area contributed by atoms with Gasteiger partial charge in [0.1, 0.15) is 5.82 Å². The first-order valence-corrected chi connectivity index (χ1v) is 5.62. The fourth-order valence-corrected chi connectivity index (χ4v) is 2.05. The molecule has 0 bridgehead atoms. The van der Waals surface area contributed by atoms with Crippen LogP contribution in [0, 0.1) is 5.92 Å². The molecule has 1 aliphatic heterocycles. The SMILES string of the molecule is COCC1CCN(c2nccc(N)n2)CC1. The van der Waals surface area contributed by atoms with Crippen molar-refractivity contribution in [2.75, 3.05) is 37.4 Å². The normalized spacial score (nSPS) is 17.7. The third kappa shape index (κ3) is 2.61. The molecule has 1 aromatic heterocycles. The molecule has 0 atom stereocenters. The Kier molecular flexibility index (Phi) is 3.56. The number of nitrogens with two attached hydrogens (primary N) is 1. The van der Waals surface area contributed by atoms with Crippen LogP contribution in [0.1, 0.15) is 12.8 Å². The maximum atomic E-state index is 5.64. The predicted octanol–water partition coefficient (Wildman–Crippen LogP) is 0.922. The number of nitrogen functional groups attached to an aromatic ring is 1. The van der Waals surface area contributed by atoms with E-state index in [0.717, 1.165) is 38.5 Å². The zero-order chi connectivity index (χ0) is 11.4. The molecule has 0 aliphatic carbocycles. The van der Waals surface area contributed by atoms with E-state index in [1.54, 1.807) is 19.4 Å². The van der Waals surface area contributed by atoms with Crippen molar-refractivity contribution in [2.45, 2.75) is 12.8 Å². The Morgan fingerprint density at radius 3 is 2.88 bits per heavy atom. The van der Waals surface area contributed by atoms with E-state index in [2.05, 4.69) is 14.9 Å². The van der Waals surface area contributed by atoms with E-state index >= 15 is 0 Å². The molecule has 2 heterocycles. The van der Waals surface area contributed by atoms with Crippen LogP contribution in [0.4, 0.5) is 11.8 Å². The summed E-state index contributed by atoms with van der Waals surface area (Å²) in [6.07, 6.45) is 3.97. The summed E-state index contributed by atoms with van der Waals surface area (Å²) in [6, 6.07) is 1.71. The standard InChI is InChI=1S/C11H18N4O/c1-16-8-9-3-6-15(7-4-9)11-13-5-2-10(12)14-11/h2,5,9H,3-4,6-8H2,1H3,(H2,12,13,14). The minimum Gasteiger partial charge on any atom is -0.384 e. The highest BCUT2D eigenvalue weighted by Crippen LogP contribution is 2.20. The molecule has 16 heavy (non-hydrogen) atoms. The highest BCUT2D eigenvalue weighted by atomic mass is 16.5. The minimum absolute atomic E-state index is 0.531. The molecule has 0 unspecified atom stereocenters. The maximum Gasteiger partial charge on any atom is 0.227 e. The number of nitrogens with zero attached hydrogens (tertiary/aromatic N) is 3. The van der Waals surface area contributed by atoms with Gasteiger partial charge in [0.15, 0.2) is 0 Å². The monoisotopic (exact) mass is 222 g/mol. The molecule has 2 rings (SSSR count). The van der Waals surface area contributed by atoms with Crippen LogP contribution in [0.15, 0.2) is 12.3 Å². The molecular formula is C11H18N4O. The minimum atomic E-state index is 0.531. The van der Waals surface area contributed by atoms with Gasteiger partial charge < -0.3 is 15.4 Å². The fraction of sp³-hybridized carbons (Fsp3) is 0.636. The topological polar surface area (TPSA) is 64.3 Å². The smallest absolute Gasteiger partial charge is 0.227 e. The second kappa shape index (κ2) is 5.12. The molecule has 1 aliphatic rings. The lowest BCUT2D eigenvalue weighted by Gasteiger charge is -2.31. The van der Waals surface area contributed by atoms with Crippen LogP contribution in [-0.4, -0.2) is 36.8 Å². The van der Waals surface area contributed by atoms with E-state index in [0.29, 0.717) is 11.7 Å². The first kappa shape index (κ1) is 11.1. The van der Waals surface area contributed by atoms with Gasteiger partial charge in [0.05, 0.1) is 0 Å². The maximum absolute atomic E-state index is 5.64. The Labute approximate surface area is 95.6 Å². The van der Waals surface area contributed by atoms with E-state index in [4.69, 9.17) is 10.5 Å². The lowest BCUT2D eigenvalue weighted by atomic mass is 9.98. The summed E-state index contributed by atoms with van der Waals surface area (Å²) in [5.74, 6) is 1.95. The summed E-state index contributed by atoms with van der Waals surface area (Å²) in [5.41, 5.74) is 5.64. The van der Waals surface area contributed by atoms with Crippen LogP contribution in [0.2, 0.25) is 0 Å². The number of methoxy groups -OCH3 is 1. The molecule has 2 N–H and O–H groups in total. The van der Waals surface area contributed by atoms with Crippen molar-refractivity contribution in [3.05, 3.63) is 12.3 Å². The summed E-state index contributed by atoms with van der Waals surface area (Å²) < 4.78 is 5.17. The predicted molar refractivity (Wildman–Crippen MR) is 63.3 cm³/mol. The van der Waals surface area contributed by atoms with Crippen molar-refractivity contribution in [3.63, 3.8) is 0 Å². The Balaban J connectivity index is 1.94. The molecular weight excluding hydrogens is 204 g/mol. The Morgan fingerprint density at radius 2 is 2.25 bits per heavy atom. The van der Waals surface area contributed by atoms with Gasteiger partial charge in [-0.3, -0.25) is 0 Å². The second-order valence-corrected chi connectivity index (χ2v) is 4.17. The van der Waals surface area contributed by atoms with Crippen LogP contribution in [-0.2, 0) is 4.74 Å². The summed E-state index contributed by atoms with van der Waals surface area (Å²) in [5, 5.41) is 0. The van der Waals surface area contributed by atoms with Crippen LogP contribution >= 0.6 is 0 Å². The van der Waals surface area contributed by atoms with E-state index in [1.165, 1.54) is 0 Å². The zero-order valence-corrected chi connectivity index (χ0v) is 9.59. The molecule has 0 radical (unpaired) electrons. The van der Waals surface area contributed by atoms with Crippen LogP contribution < -0.4 is 10.6 Å². The highest BCUT2D eigenvalue weighted by Gasteiger charge is 2.20. The van der Waals surface area contributed by atoms with Gasteiger partial charge in [0, 0.05) is 33.0 Å². The van der Waals surface area contributed by atoms with Gasteiger partial charge in [0.2, 0.25) is 5.95 Å². The van der Waals surface area contributed by atoms with Crippen molar-refractivity contribution in [3.8, 4) is 0 Å². The van der Waals surface area contributed by atoms with Crippen LogP contribution in [0.5, 0.6) is 0 Å². The van der Waals surface area contributed by atoms with Crippen LogP contribution in [0.3, 0.4) is 0 Å². The van der Waals surface area contributed by atoms with Gasteiger partial charge in [-0.15, -0.1) is 0 Å². The number of rotatable bonds is 3. The molecule has 0 aromatic carbocycles. The van der Waals surface area contributed by atoms with Crippen molar-refractivity contribution >= 4 is 11.8 Å². The number of hydrogen-bond acceptors (Lipinski definition) is 5. The number of ether oxygens (including phenoxy) is 1. The quantitative estimate of drug-likeness (QED) is 0.824. The van der Waals surface area contributed by atoms with Gasteiger partial charge >= 0.3 is 0 Å². The molecule has 0 amide bonds. The molecule has 88 valence electrons. The molecule has 0 saturated carbocycles.